The minimum absolute atomic E-state index is 0.180. The molecule has 4 nitrogen and oxygen atoms in total. The number of hydrogen-bond acceptors (Lipinski definition) is 4. The van der Waals surface area contributed by atoms with Crippen molar-refractivity contribution in [1.82, 2.24) is 4.98 Å². The number of hydrogen-bond donors (Lipinski definition) is 2. The summed E-state index contributed by atoms with van der Waals surface area (Å²) in [5, 5.41) is 5.58. The molecule has 2 heterocycles. The predicted molar refractivity (Wildman–Crippen MR) is 86.1 cm³/mol. The number of rotatable bonds is 2. The lowest BCUT2D eigenvalue weighted by molar-refractivity contribution is 0.102. The van der Waals surface area contributed by atoms with E-state index in [1.807, 2.05) is 29.6 Å². The van der Waals surface area contributed by atoms with Crippen molar-refractivity contribution >= 4 is 54.8 Å². The zero-order valence-corrected chi connectivity index (χ0v) is 12.7. The van der Waals surface area contributed by atoms with Crippen molar-refractivity contribution in [2.24, 2.45) is 0 Å². The van der Waals surface area contributed by atoms with Crippen LogP contribution in [0, 0.1) is 0 Å². The minimum atomic E-state index is -0.180. The van der Waals surface area contributed by atoms with Crippen LogP contribution in [-0.2, 0) is 0 Å². The van der Waals surface area contributed by atoms with Crippen LogP contribution >= 0.6 is 27.3 Å². The monoisotopic (exact) mass is 347 g/mol. The summed E-state index contributed by atoms with van der Waals surface area (Å²) in [4.78, 5) is 16.4. The number of halogens is 1. The number of nitrogens with one attached hydrogen (secondary N) is 1. The molecule has 1 aromatic carbocycles. The highest BCUT2D eigenvalue weighted by molar-refractivity contribution is 9.10. The molecule has 0 radical (unpaired) electrons. The summed E-state index contributed by atoms with van der Waals surface area (Å²) in [6.45, 7) is 0. The lowest BCUT2D eigenvalue weighted by Gasteiger charge is -2.06. The highest BCUT2D eigenvalue weighted by Crippen LogP contribution is 2.27. The summed E-state index contributed by atoms with van der Waals surface area (Å²) in [7, 11) is 0. The molecule has 6 heteroatoms. The second-order valence-corrected chi connectivity index (χ2v) is 5.96. The molecular formula is C14H10BrN3OS. The molecule has 20 heavy (non-hydrogen) atoms. The van der Waals surface area contributed by atoms with Crippen molar-refractivity contribution < 1.29 is 4.79 Å². The van der Waals surface area contributed by atoms with Crippen LogP contribution in [0.25, 0.3) is 10.1 Å². The molecular weight excluding hydrogens is 338 g/mol. The predicted octanol–water partition coefficient (Wildman–Crippen LogP) is 3.89. The van der Waals surface area contributed by atoms with E-state index in [4.69, 9.17) is 5.73 Å². The Labute approximate surface area is 127 Å². The zero-order valence-electron chi connectivity index (χ0n) is 10.3. The number of amides is 1. The van der Waals surface area contributed by atoms with Crippen molar-refractivity contribution in [2.75, 3.05) is 11.1 Å². The van der Waals surface area contributed by atoms with Crippen molar-refractivity contribution in [2.45, 2.75) is 0 Å². The van der Waals surface area contributed by atoms with Gasteiger partial charge in [-0.2, -0.15) is 0 Å². The molecule has 100 valence electrons. The van der Waals surface area contributed by atoms with E-state index in [1.165, 1.54) is 6.20 Å². The van der Waals surface area contributed by atoms with Gasteiger partial charge >= 0.3 is 0 Å². The van der Waals surface area contributed by atoms with Crippen LogP contribution in [0.1, 0.15) is 10.4 Å². The van der Waals surface area contributed by atoms with E-state index in [1.54, 1.807) is 17.4 Å². The lowest BCUT2D eigenvalue weighted by atomic mass is 10.1. The van der Waals surface area contributed by atoms with Gasteiger partial charge < -0.3 is 11.1 Å². The van der Waals surface area contributed by atoms with Gasteiger partial charge in [0.15, 0.2) is 0 Å². The normalized spacial score (nSPS) is 10.7. The van der Waals surface area contributed by atoms with Crippen LogP contribution in [0.5, 0.6) is 0 Å². The van der Waals surface area contributed by atoms with Crippen molar-refractivity contribution in [1.29, 1.82) is 0 Å². The third kappa shape index (κ3) is 2.39. The topological polar surface area (TPSA) is 68.0 Å². The summed E-state index contributed by atoms with van der Waals surface area (Å²) < 4.78 is 1.74. The van der Waals surface area contributed by atoms with Gasteiger partial charge in [0.25, 0.3) is 5.91 Å². The fourth-order valence-corrected chi connectivity index (χ4v) is 3.28. The van der Waals surface area contributed by atoms with Crippen LogP contribution in [0.15, 0.2) is 46.4 Å². The van der Waals surface area contributed by atoms with Gasteiger partial charge in [-0.1, -0.05) is 18.2 Å². The first kappa shape index (κ1) is 13.1. The second-order valence-electron chi connectivity index (χ2n) is 4.20. The van der Waals surface area contributed by atoms with Gasteiger partial charge in [-0.3, -0.25) is 4.79 Å². The molecule has 0 bridgehead atoms. The number of carbonyl (C=O) groups excluding carboxylic acids is 1. The molecule has 0 aliphatic heterocycles. The maximum Gasteiger partial charge on any atom is 0.258 e. The number of thiophene rings is 1. The summed E-state index contributed by atoms with van der Waals surface area (Å²) in [5.41, 5.74) is 6.81. The number of nitrogens with zero attached hydrogens (tertiary/aromatic N) is 1. The van der Waals surface area contributed by atoms with E-state index in [9.17, 15) is 4.79 Å². The molecule has 0 saturated heterocycles. The van der Waals surface area contributed by atoms with E-state index in [0.29, 0.717) is 21.5 Å². The molecule has 0 fully saturated rings. The van der Waals surface area contributed by atoms with Gasteiger partial charge in [-0.05, 0) is 28.1 Å². The van der Waals surface area contributed by atoms with E-state index < -0.39 is 0 Å². The van der Waals surface area contributed by atoms with E-state index >= 15 is 0 Å². The molecule has 1 amide bonds. The fraction of sp³-hybridized carbons (Fsp3) is 0. The van der Waals surface area contributed by atoms with Crippen molar-refractivity contribution in [3.63, 3.8) is 0 Å². The first-order chi connectivity index (χ1) is 9.65. The number of pyridine rings is 1. The SMILES string of the molecule is Nc1cnc(NC(=O)c2csc3ccccc23)c(Br)c1. The van der Waals surface area contributed by atoms with Crippen LogP contribution in [0.2, 0.25) is 0 Å². The second kappa shape index (κ2) is 5.22. The maximum atomic E-state index is 12.3. The van der Waals surface area contributed by atoms with Gasteiger partial charge in [0.05, 0.1) is 21.9 Å². The molecule has 0 unspecified atom stereocenters. The number of anilines is 2. The van der Waals surface area contributed by atoms with Crippen LogP contribution in [-0.4, -0.2) is 10.9 Å². The first-order valence-electron chi connectivity index (χ1n) is 5.84. The molecule has 3 rings (SSSR count). The Balaban J connectivity index is 1.93. The minimum Gasteiger partial charge on any atom is -0.397 e. The Bertz CT molecular complexity index is 800. The average Bonchev–Trinajstić information content (AvgIpc) is 2.86. The molecule has 3 aromatic rings. The van der Waals surface area contributed by atoms with Crippen LogP contribution in [0.4, 0.5) is 11.5 Å². The summed E-state index contributed by atoms with van der Waals surface area (Å²) >= 11 is 4.88. The number of carbonyl (C=O) groups is 1. The average molecular weight is 348 g/mol. The summed E-state index contributed by atoms with van der Waals surface area (Å²) in [5.74, 6) is 0.278. The zero-order chi connectivity index (χ0) is 14.1. The van der Waals surface area contributed by atoms with Crippen LogP contribution in [0.3, 0.4) is 0 Å². The first-order valence-corrected chi connectivity index (χ1v) is 7.51. The van der Waals surface area contributed by atoms with Crippen LogP contribution < -0.4 is 11.1 Å². The Morgan fingerprint density at radius 1 is 1.35 bits per heavy atom. The highest BCUT2D eigenvalue weighted by Gasteiger charge is 2.14. The van der Waals surface area contributed by atoms with Crippen molar-refractivity contribution in [3.8, 4) is 0 Å². The quantitative estimate of drug-likeness (QED) is 0.738. The largest absolute Gasteiger partial charge is 0.397 e. The number of benzene rings is 1. The summed E-state index contributed by atoms with van der Waals surface area (Å²) in [6.07, 6.45) is 1.51. The van der Waals surface area contributed by atoms with Gasteiger partial charge in [-0.25, -0.2) is 4.98 Å². The van der Waals surface area contributed by atoms with E-state index in [-0.39, 0.29) is 5.91 Å². The number of nitrogen functional groups attached to an aromatic ring is 1. The molecule has 3 N–H and O–H groups in total. The third-order valence-corrected chi connectivity index (χ3v) is 4.39. The molecule has 0 spiro atoms. The smallest absolute Gasteiger partial charge is 0.258 e. The van der Waals surface area contributed by atoms with Gasteiger partial charge in [0.1, 0.15) is 5.82 Å². The Morgan fingerprint density at radius 3 is 2.95 bits per heavy atom. The fourth-order valence-electron chi connectivity index (χ4n) is 1.87. The highest BCUT2D eigenvalue weighted by atomic mass is 79.9. The Hall–Kier alpha value is -1.92. The van der Waals surface area contributed by atoms with E-state index in [0.717, 1.165) is 10.1 Å². The summed E-state index contributed by atoms with van der Waals surface area (Å²) in [6, 6.07) is 9.51. The third-order valence-electron chi connectivity index (χ3n) is 2.82. The Kier molecular flexibility index (Phi) is 3.42. The van der Waals surface area contributed by atoms with Gasteiger partial charge in [0.2, 0.25) is 0 Å². The standard InChI is InChI=1S/C14H10BrN3OS/c15-11-5-8(16)6-17-13(11)18-14(19)10-7-20-12-4-2-1-3-9(10)12/h1-7H,16H2,(H,17,18,19). The Morgan fingerprint density at radius 2 is 2.15 bits per heavy atom. The number of nitrogens with two attached hydrogens (primary N) is 1. The molecule has 0 atom stereocenters. The van der Waals surface area contributed by atoms with Gasteiger partial charge in [0, 0.05) is 15.5 Å². The molecule has 2 aromatic heterocycles. The number of aromatic nitrogens is 1. The lowest BCUT2D eigenvalue weighted by Crippen LogP contribution is -2.13. The van der Waals surface area contributed by atoms with E-state index in [2.05, 4.69) is 26.2 Å². The molecule has 0 aliphatic carbocycles. The van der Waals surface area contributed by atoms with Gasteiger partial charge in [-0.15, -0.1) is 11.3 Å². The molecule has 0 aliphatic rings. The number of fused-ring (bicyclic) bond motifs is 1. The molecule has 0 saturated carbocycles. The maximum absolute atomic E-state index is 12.3. The van der Waals surface area contributed by atoms with Crippen molar-refractivity contribution in [3.05, 3.63) is 51.9 Å².